The van der Waals surface area contributed by atoms with Gasteiger partial charge >= 0.3 is 0 Å². The van der Waals surface area contributed by atoms with Crippen LogP contribution in [0.1, 0.15) is 41.7 Å². The van der Waals surface area contributed by atoms with Gasteiger partial charge in [-0.05, 0) is 48.6 Å². The fraction of sp³-hybridized carbons (Fsp3) is 0.500. The standard InChI is InChI=1S/C24H32O7/c1-4-15-5-7-16(8-6-15)10-18-13(2)9-17(12-25)11-19(18)30-24-22(29)20(27)21(28)23(31-24)14(3)26/h5-9,11,14,20-29H,4,10,12H2,1-3H3/t14-,20+,21+,22-,23-,24-/m1/s1. The lowest BCUT2D eigenvalue weighted by Gasteiger charge is -2.41. The molecule has 5 N–H and O–H groups in total. The maximum Gasteiger partial charge on any atom is 0.229 e. The van der Waals surface area contributed by atoms with E-state index in [0.717, 1.165) is 23.1 Å². The van der Waals surface area contributed by atoms with Crippen LogP contribution < -0.4 is 4.74 Å². The molecule has 6 atom stereocenters. The van der Waals surface area contributed by atoms with Crippen LogP contribution in [0.4, 0.5) is 0 Å². The molecule has 3 rings (SSSR count). The van der Waals surface area contributed by atoms with E-state index in [4.69, 9.17) is 9.47 Å². The Labute approximate surface area is 182 Å². The van der Waals surface area contributed by atoms with Crippen molar-refractivity contribution in [2.45, 2.75) is 77.0 Å². The second kappa shape index (κ2) is 10.1. The molecule has 0 aromatic heterocycles. The molecule has 0 aliphatic carbocycles. The van der Waals surface area contributed by atoms with Gasteiger partial charge in [0.15, 0.2) is 0 Å². The Kier molecular flexibility index (Phi) is 7.69. The molecule has 0 saturated carbocycles. The normalized spacial score (nSPS) is 27.2. The largest absolute Gasteiger partial charge is 0.462 e. The molecule has 1 fully saturated rings. The Morgan fingerprint density at radius 3 is 2.19 bits per heavy atom. The van der Waals surface area contributed by atoms with E-state index in [2.05, 4.69) is 31.2 Å². The van der Waals surface area contributed by atoms with Gasteiger partial charge in [-0.15, -0.1) is 0 Å². The summed E-state index contributed by atoms with van der Waals surface area (Å²) in [5, 5.41) is 50.2. The summed E-state index contributed by atoms with van der Waals surface area (Å²) in [6.45, 7) is 5.25. The Morgan fingerprint density at radius 1 is 0.968 bits per heavy atom. The average molecular weight is 433 g/mol. The molecule has 0 amide bonds. The summed E-state index contributed by atoms with van der Waals surface area (Å²) >= 11 is 0. The lowest BCUT2D eigenvalue weighted by molar-refractivity contribution is -0.286. The highest BCUT2D eigenvalue weighted by atomic mass is 16.7. The Hall–Kier alpha value is -2.00. The first-order chi connectivity index (χ1) is 14.7. The first kappa shape index (κ1) is 23.7. The summed E-state index contributed by atoms with van der Waals surface area (Å²) in [5.41, 5.74) is 4.70. The number of aliphatic hydroxyl groups is 5. The van der Waals surface area contributed by atoms with Crippen molar-refractivity contribution in [2.75, 3.05) is 0 Å². The second-order valence-corrected chi connectivity index (χ2v) is 8.19. The lowest BCUT2D eigenvalue weighted by atomic mass is 9.95. The molecule has 7 nitrogen and oxygen atoms in total. The maximum absolute atomic E-state index is 10.4. The Bertz CT molecular complexity index is 865. The smallest absolute Gasteiger partial charge is 0.229 e. The third-order valence-corrected chi connectivity index (χ3v) is 5.81. The van der Waals surface area contributed by atoms with Gasteiger partial charge in [0, 0.05) is 12.0 Å². The zero-order valence-corrected chi connectivity index (χ0v) is 18.1. The number of aliphatic hydroxyl groups excluding tert-OH is 5. The Balaban J connectivity index is 1.92. The zero-order chi connectivity index (χ0) is 22.7. The van der Waals surface area contributed by atoms with Crippen molar-refractivity contribution in [1.82, 2.24) is 0 Å². The summed E-state index contributed by atoms with van der Waals surface area (Å²) in [6.07, 6.45) is -6.48. The molecule has 1 heterocycles. The van der Waals surface area contributed by atoms with Crippen LogP contribution in [0.15, 0.2) is 36.4 Å². The summed E-state index contributed by atoms with van der Waals surface area (Å²) in [4.78, 5) is 0. The molecular formula is C24H32O7. The van der Waals surface area contributed by atoms with Crippen LogP contribution in [0, 0.1) is 6.92 Å². The van der Waals surface area contributed by atoms with Crippen molar-refractivity contribution < 1.29 is 35.0 Å². The first-order valence-corrected chi connectivity index (χ1v) is 10.6. The average Bonchev–Trinajstić information content (AvgIpc) is 2.76. The van der Waals surface area contributed by atoms with Crippen molar-refractivity contribution in [3.63, 3.8) is 0 Å². The summed E-state index contributed by atoms with van der Waals surface area (Å²) in [6, 6.07) is 11.8. The zero-order valence-electron chi connectivity index (χ0n) is 18.1. The van der Waals surface area contributed by atoms with Crippen LogP contribution in [-0.2, 0) is 24.2 Å². The summed E-state index contributed by atoms with van der Waals surface area (Å²) in [7, 11) is 0. The lowest BCUT2D eigenvalue weighted by Crippen LogP contribution is -2.61. The van der Waals surface area contributed by atoms with E-state index >= 15 is 0 Å². The van der Waals surface area contributed by atoms with Gasteiger partial charge in [-0.1, -0.05) is 37.3 Å². The minimum atomic E-state index is -1.54. The van der Waals surface area contributed by atoms with Gasteiger partial charge < -0.3 is 35.0 Å². The van der Waals surface area contributed by atoms with Gasteiger partial charge in [0.05, 0.1) is 12.7 Å². The minimum absolute atomic E-state index is 0.186. The molecule has 1 aliphatic heterocycles. The number of rotatable bonds is 7. The van der Waals surface area contributed by atoms with Crippen molar-refractivity contribution in [2.24, 2.45) is 0 Å². The van der Waals surface area contributed by atoms with Crippen molar-refractivity contribution in [3.05, 3.63) is 64.2 Å². The van der Waals surface area contributed by atoms with Gasteiger partial charge in [-0.25, -0.2) is 0 Å². The van der Waals surface area contributed by atoms with Crippen LogP contribution in [0.3, 0.4) is 0 Å². The molecule has 7 heteroatoms. The van der Waals surface area contributed by atoms with Crippen molar-refractivity contribution >= 4 is 0 Å². The minimum Gasteiger partial charge on any atom is -0.462 e. The molecule has 170 valence electrons. The van der Waals surface area contributed by atoms with E-state index in [1.165, 1.54) is 12.5 Å². The predicted octanol–water partition coefficient (Wildman–Crippen LogP) is 1.21. The maximum atomic E-state index is 10.4. The van der Waals surface area contributed by atoms with Gasteiger partial charge in [-0.2, -0.15) is 0 Å². The molecule has 2 aromatic carbocycles. The first-order valence-electron chi connectivity index (χ1n) is 10.6. The molecule has 1 aliphatic rings. The fourth-order valence-electron chi connectivity index (χ4n) is 3.87. The van der Waals surface area contributed by atoms with Crippen LogP contribution in [0.2, 0.25) is 0 Å². The van der Waals surface area contributed by atoms with Crippen LogP contribution in [-0.4, -0.2) is 62.3 Å². The van der Waals surface area contributed by atoms with E-state index < -0.39 is 36.8 Å². The molecule has 0 radical (unpaired) electrons. The topological polar surface area (TPSA) is 120 Å². The Morgan fingerprint density at radius 2 is 1.61 bits per heavy atom. The van der Waals surface area contributed by atoms with E-state index in [1.54, 1.807) is 6.07 Å². The number of ether oxygens (including phenoxy) is 2. The van der Waals surface area contributed by atoms with Crippen LogP contribution in [0.25, 0.3) is 0 Å². The summed E-state index contributed by atoms with van der Waals surface area (Å²) < 4.78 is 11.6. The monoisotopic (exact) mass is 432 g/mol. The molecule has 0 unspecified atom stereocenters. The van der Waals surface area contributed by atoms with E-state index in [0.29, 0.717) is 17.7 Å². The number of aryl methyl sites for hydroxylation is 2. The third-order valence-electron chi connectivity index (χ3n) is 5.81. The molecule has 0 bridgehead atoms. The molecule has 31 heavy (non-hydrogen) atoms. The molecule has 2 aromatic rings. The quantitative estimate of drug-likeness (QED) is 0.446. The van der Waals surface area contributed by atoms with Crippen molar-refractivity contribution in [3.8, 4) is 5.75 Å². The molecule has 0 spiro atoms. The molecule has 1 saturated heterocycles. The fourth-order valence-corrected chi connectivity index (χ4v) is 3.87. The van der Waals surface area contributed by atoms with E-state index in [-0.39, 0.29) is 6.61 Å². The SMILES string of the molecule is CCc1ccc(Cc2c(C)cc(CO)cc2O[C@@H]2O[C@H]([C@@H](C)O)[C@@H](O)[C@H](O)[C@H]2O)cc1. The van der Waals surface area contributed by atoms with Crippen LogP contribution >= 0.6 is 0 Å². The summed E-state index contributed by atoms with van der Waals surface area (Å²) in [5.74, 6) is 0.403. The highest BCUT2D eigenvalue weighted by Crippen LogP contribution is 2.32. The van der Waals surface area contributed by atoms with E-state index in [9.17, 15) is 25.5 Å². The second-order valence-electron chi connectivity index (χ2n) is 8.19. The van der Waals surface area contributed by atoms with Gasteiger partial charge in [0.2, 0.25) is 6.29 Å². The molecular weight excluding hydrogens is 400 g/mol. The van der Waals surface area contributed by atoms with Gasteiger partial charge in [-0.3, -0.25) is 0 Å². The number of hydrogen-bond donors (Lipinski definition) is 5. The van der Waals surface area contributed by atoms with E-state index in [1.807, 2.05) is 13.0 Å². The predicted molar refractivity (Wildman–Crippen MR) is 115 cm³/mol. The van der Waals surface area contributed by atoms with Gasteiger partial charge in [0.1, 0.15) is 30.2 Å². The third kappa shape index (κ3) is 5.26. The highest BCUT2D eigenvalue weighted by Gasteiger charge is 2.46. The number of hydrogen-bond acceptors (Lipinski definition) is 7. The van der Waals surface area contributed by atoms with Crippen LogP contribution in [0.5, 0.6) is 5.75 Å². The number of benzene rings is 2. The van der Waals surface area contributed by atoms with Gasteiger partial charge in [0.25, 0.3) is 0 Å². The van der Waals surface area contributed by atoms with Crippen molar-refractivity contribution in [1.29, 1.82) is 0 Å². The highest BCUT2D eigenvalue weighted by molar-refractivity contribution is 5.46.